The number of aromatic nitrogens is 1. The van der Waals surface area contributed by atoms with E-state index >= 15 is 0 Å². The third kappa shape index (κ3) is 8.01. The van der Waals surface area contributed by atoms with Gasteiger partial charge in [-0.15, -0.1) is 0 Å². The molecule has 2 aromatic carbocycles. The molecule has 0 radical (unpaired) electrons. The minimum atomic E-state index is -0.712. The molecule has 1 heterocycles. The molecule has 3 aromatic rings. The topological polar surface area (TPSA) is 86.9 Å². The summed E-state index contributed by atoms with van der Waals surface area (Å²) in [6.45, 7) is 11.5. The molecule has 7 nitrogen and oxygen atoms in total. The first-order valence-corrected chi connectivity index (χ1v) is 12.6. The molecule has 0 bridgehead atoms. The van der Waals surface area contributed by atoms with Crippen LogP contribution in [0.2, 0.25) is 0 Å². The highest BCUT2D eigenvalue weighted by Gasteiger charge is 2.26. The Morgan fingerprint density at radius 2 is 1.69 bits per heavy atom. The number of hydrogen-bond donors (Lipinski definition) is 1. The number of pyridine rings is 1. The Hall–Kier alpha value is -3.00. The molecule has 0 aliphatic heterocycles. The van der Waals surface area contributed by atoms with Gasteiger partial charge < -0.3 is 24.8 Å². The van der Waals surface area contributed by atoms with Gasteiger partial charge in [-0.05, 0) is 76.4 Å². The number of hydrogen-bond acceptors (Lipinski definition) is 6. The van der Waals surface area contributed by atoms with Crippen molar-refractivity contribution in [3.05, 3.63) is 71.9 Å². The van der Waals surface area contributed by atoms with Crippen molar-refractivity contribution in [2.75, 3.05) is 19.8 Å². The number of benzene rings is 2. The minimum Gasteiger partial charge on any atom is -0.488 e. The van der Waals surface area contributed by atoms with Gasteiger partial charge in [0, 0.05) is 31.3 Å². The lowest BCUT2D eigenvalue weighted by molar-refractivity contribution is -0.160. The maximum absolute atomic E-state index is 13.6. The van der Waals surface area contributed by atoms with Crippen LogP contribution in [0.4, 0.5) is 0 Å². The lowest BCUT2D eigenvalue weighted by atomic mass is 10.0. The number of carbonyl (C=O) groups excluding carboxylic acids is 1. The van der Waals surface area contributed by atoms with Gasteiger partial charge in [0.1, 0.15) is 11.4 Å². The van der Waals surface area contributed by atoms with Crippen molar-refractivity contribution < 1.29 is 19.0 Å². The van der Waals surface area contributed by atoms with Crippen LogP contribution in [0.15, 0.2) is 60.8 Å². The molecule has 0 aliphatic carbocycles. The standard InChI is InChI=1S/C29H39N3O4/c1-6-34-27(35-7-2)20-32(19-22-10-8-12-26-24(22)11-9-17-31-26)28(33)25(30)18-21-13-15-23(16-14-21)36-29(3,4)5/h8-17,25,27H,6-7,18-20,30H2,1-5H3. The molecule has 2 N–H and O–H groups in total. The predicted octanol–water partition coefficient (Wildman–Crippen LogP) is 4.71. The Morgan fingerprint density at radius 1 is 1.00 bits per heavy atom. The van der Waals surface area contributed by atoms with Gasteiger partial charge in [0.05, 0.1) is 18.1 Å². The fraction of sp³-hybridized carbons (Fsp3) is 0.448. The van der Waals surface area contributed by atoms with E-state index < -0.39 is 12.3 Å². The lowest BCUT2D eigenvalue weighted by Gasteiger charge is -2.30. The summed E-state index contributed by atoms with van der Waals surface area (Å²) in [7, 11) is 0. The van der Waals surface area contributed by atoms with E-state index in [1.54, 1.807) is 11.1 Å². The third-order valence-corrected chi connectivity index (χ3v) is 5.60. The zero-order valence-electron chi connectivity index (χ0n) is 22.1. The molecule has 194 valence electrons. The maximum Gasteiger partial charge on any atom is 0.240 e. The number of ether oxygens (including phenoxy) is 3. The van der Waals surface area contributed by atoms with E-state index in [1.807, 2.05) is 89.2 Å². The molecule has 1 atom stereocenters. The van der Waals surface area contributed by atoms with Crippen molar-refractivity contribution in [3.63, 3.8) is 0 Å². The monoisotopic (exact) mass is 493 g/mol. The summed E-state index contributed by atoms with van der Waals surface area (Å²) in [5.74, 6) is 0.629. The molecule has 0 spiro atoms. The van der Waals surface area contributed by atoms with Gasteiger partial charge in [0.15, 0.2) is 6.29 Å². The molecular weight excluding hydrogens is 454 g/mol. The molecular formula is C29H39N3O4. The van der Waals surface area contributed by atoms with Crippen LogP contribution < -0.4 is 10.5 Å². The molecule has 0 aliphatic rings. The Balaban J connectivity index is 1.80. The van der Waals surface area contributed by atoms with Crippen LogP contribution >= 0.6 is 0 Å². The SMILES string of the molecule is CCOC(CN(Cc1cccc2ncccc12)C(=O)C(N)Cc1ccc(OC(C)(C)C)cc1)OCC. The van der Waals surface area contributed by atoms with E-state index in [2.05, 4.69) is 4.98 Å². The second kappa shape index (κ2) is 12.8. The van der Waals surface area contributed by atoms with Crippen molar-refractivity contribution >= 4 is 16.8 Å². The van der Waals surface area contributed by atoms with E-state index in [1.165, 1.54) is 0 Å². The average Bonchev–Trinajstić information content (AvgIpc) is 2.84. The first kappa shape index (κ1) is 27.6. The van der Waals surface area contributed by atoms with Gasteiger partial charge in [0.25, 0.3) is 0 Å². The average molecular weight is 494 g/mol. The van der Waals surface area contributed by atoms with Crippen LogP contribution in [0.5, 0.6) is 5.75 Å². The highest BCUT2D eigenvalue weighted by Crippen LogP contribution is 2.21. The number of nitrogens with two attached hydrogens (primary N) is 1. The van der Waals surface area contributed by atoms with Crippen molar-refractivity contribution in [3.8, 4) is 5.75 Å². The van der Waals surface area contributed by atoms with Gasteiger partial charge in [-0.2, -0.15) is 0 Å². The van der Waals surface area contributed by atoms with Crippen LogP contribution in [0.1, 0.15) is 45.7 Å². The fourth-order valence-electron chi connectivity index (χ4n) is 4.07. The molecule has 1 aromatic heterocycles. The number of nitrogens with zero attached hydrogens (tertiary/aromatic N) is 2. The number of rotatable bonds is 12. The van der Waals surface area contributed by atoms with E-state index in [9.17, 15) is 4.79 Å². The van der Waals surface area contributed by atoms with Gasteiger partial charge in [-0.3, -0.25) is 9.78 Å². The summed E-state index contributed by atoms with van der Waals surface area (Å²) in [6.07, 6.45) is 1.65. The second-order valence-corrected chi connectivity index (χ2v) is 9.72. The first-order chi connectivity index (χ1) is 17.2. The zero-order chi connectivity index (χ0) is 26.1. The molecule has 36 heavy (non-hydrogen) atoms. The second-order valence-electron chi connectivity index (χ2n) is 9.72. The number of carbonyl (C=O) groups is 1. The Bertz CT molecular complexity index is 1100. The van der Waals surface area contributed by atoms with Gasteiger partial charge in [-0.25, -0.2) is 0 Å². The molecule has 0 saturated carbocycles. The summed E-state index contributed by atoms with van der Waals surface area (Å²) in [5, 5.41) is 1.00. The summed E-state index contributed by atoms with van der Waals surface area (Å²) >= 11 is 0. The first-order valence-electron chi connectivity index (χ1n) is 12.6. The van der Waals surface area contributed by atoms with Gasteiger partial charge >= 0.3 is 0 Å². The quantitative estimate of drug-likeness (QED) is 0.368. The summed E-state index contributed by atoms with van der Waals surface area (Å²) in [4.78, 5) is 19.8. The molecule has 0 saturated heterocycles. The zero-order valence-corrected chi connectivity index (χ0v) is 22.1. The predicted molar refractivity (Wildman–Crippen MR) is 143 cm³/mol. The maximum atomic E-state index is 13.6. The van der Waals surface area contributed by atoms with E-state index in [0.29, 0.717) is 26.2 Å². The van der Waals surface area contributed by atoms with E-state index in [-0.39, 0.29) is 18.1 Å². The van der Waals surface area contributed by atoms with Crippen molar-refractivity contribution in [1.82, 2.24) is 9.88 Å². The Kier molecular flexibility index (Phi) is 9.81. The highest BCUT2D eigenvalue weighted by atomic mass is 16.7. The van der Waals surface area contributed by atoms with Crippen LogP contribution in [0, 0.1) is 0 Å². The summed E-state index contributed by atoms with van der Waals surface area (Å²) < 4.78 is 17.4. The summed E-state index contributed by atoms with van der Waals surface area (Å²) in [6, 6.07) is 16.9. The van der Waals surface area contributed by atoms with Crippen LogP contribution in [-0.2, 0) is 27.2 Å². The Labute approximate surface area is 214 Å². The Morgan fingerprint density at radius 3 is 2.33 bits per heavy atom. The van der Waals surface area contributed by atoms with E-state index in [0.717, 1.165) is 27.8 Å². The number of amides is 1. The normalized spacial score (nSPS) is 12.6. The van der Waals surface area contributed by atoms with Crippen LogP contribution in [-0.4, -0.2) is 53.5 Å². The van der Waals surface area contributed by atoms with E-state index in [4.69, 9.17) is 19.9 Å². The van der Waals surface area contributed by atoms with Crippen molar-refractivity contribution in [2.45, 2.75) is 65.5 Å². The minimum absolute atomic E-state index is 0.157. The van der Waals surface area contributed by atoms with Gasteiger partial charge in [-0.1, -0.05) is 30.3 Å². The molecule has 3 rings (SSSR count). The third-order valence-electron chi connectivity index (χ3n) is 5.60. The fourth-order valence-corrected chi connectivity index (χ4v) is 4.07. The van der Waals surface area contributed by atoms with Crippen molar-refractivity contribution in [1.29, 1.82) is 0 Å². The molecule has 1 unspecified atom stereocenters. The molecule has 7 heteroatoms. The largest absolute Gasteiger partial charge is 0.488 e. The smallest absolute Gasteiger partial charge is 0.240 e. The molecule has 1 amide bonds. The van der Waals surface area contributed by atoms with Crippen LogP contribution in [0.3, 0.4) is 0 Å². The summed E-state index contributed by atoms with van der Waals surface area (Å²) in [5.41, 5.74) is 9.04. The lowest BCUT2D eigenvalue weighted by Crippen LogP contribution is -2.48. The van der Waals surface area contributed by atoms with Crippen LogP contribution in [0.25, 0.3) is 10.9 Å². The molecule has 0 fully saturated rings. The number of fused-ring (bicyclic) bond motifs is 1. The van der Waals surface area contributed by atoms with Crippen molar-refractivity contribution in [2.24, 2.45) is 5.73 Å². The highest BCUT2D eigenvalue weighted by molar-refractivity contribution is 5.84. The van der Waals surface area contributed by atoms with Gasteiger partial charge in [0.2, 0.25) is 5.91 Å².